The fourth-order valence-electron chi connectivity index (χ4n) is 3.55. The van der Waals surface area contributed by atoms with Crippen LogP contribution in [0.2, 0.25) is 0 Å². The predicted molar refractivity (Wildman–Crippen MR) is 109 cm³/mol. The minimum Gasteiger partial charge on any atom is -0.338 e. The van der Waals surface area contributed by atoms with Crippen molar-refractivity contribution >= 4 is 17.7 Å². The average molecular weight is 373 g/mol. The van der Waals surface area contributed by atoms with Crippen molar-refractivity contribution in [2.24, 2.45) is 0 Å². The molecule has 2 aromatic heterocycles. The zero-order chi connectivity index (χ0) is 19.3. The number of hydrogen-bond acceptors (Lipinski definition) is 5. The van der Waals surface area contributed by atoms with Crippen LogP contribution in [-0.4, -0.2) is 38.8 Å². The van der Waals surface area contributed by atoms with Gasteiger partial charge in [0.2, 0.25) is 5.95 Å². The van der Waals surface area contributed by atoms with Crippen LogP contribution in [0.15, 0.2) is 60.9 Å². The van der Waals surface area contributed by atoms with Gasteiger partial charge in [-0.25, -0.2) is 15.0 Å². The van der Waals surface area contributed by atoms with Crippen LogP contribution in [0.4, 0.5) is 11.8 Å². The third-order valence-corrected chi connectivity index (χ3v) is 5.06. The van der Waals surface area contributed by atoms with E-state index in [4.69, 9.17) is 4.98 Å². The molecule has 0 saturated carbocycles. The molecule has 3 heterocycles. The SMILES string of the molecule is Cc1cccnc1Nc1nccc(C2CCCN(C(=O)c3ccccc3)C2)n1. The first-order valence-corrected chi connectivity index (χ1v) is 9.56. The third kappa shape index (κ3) is 4.01. The van der Waals surface area contributed by atoms with Crippen molar-refractivity contribution in [1.29, 1.82) is 0 Å². The van der Waals surface area contributed by atoms with Gasteiger partial charge in [-0.1, -0.05) is 24.3 Å². The number of carbonyl (C=O) groups is 1. The number of nitrogens with one attached hydrogen (secondary N) is 1. The largest absolute Gasteiger partial charge is 0.338 e. The maximum absolute atomic E-state index is 12.8. The van der Waals surface area contributed by atoms with Crippen molar-refractivity contribution in [1.82, 2.24) is 19.9 Å². The van der Waals surface area contributed by atoms with Crippen LogP contribution in [0, 0.1) is 6.92 Å². The Hall–Kier alpha value is -3.28. The van der Waals surface area contributed by atoms with Gasteiger partial charge in [-0.2, -0.15) is 0 Å². The topological polar surface area (TPSA) is 71.0 Å². The summed E-state index contributed by atoms with van der Waals surface area (Å²) in [5.41, 5.74) is 2.73. The average Bonchev–Trinajstić information content (AvgIpc) is 2.76. The summed E-state index contributed by atoms with van der Waals surface area (Å²) < 4.78 is 0. The number of benzene rings is 1. The minimum absolute atomic E-state index is 0.0850. The van der Waals surface area contributed by atoms with Crippen molar-refractivity contribution in [2.45, 2.75) is 25.7 Å². The summed E-state index contributed by atoms with van der Waals surface area (Å²) >= 11 is 0. The Morgan fingerprint density at radius 2 is 1.93 bits per heavy atom. The molecule has 0 aliphatic carbocycles. The number of piperidine rings is 1. The fourth-order valence-corrected chi connectivity index (χ4v) is 3.55. The molecular weight excluding hydrogens is 350 g/mol. The van der Waals surface area contributed by atoms with Gasteiger partial charge in [0.15, 0.2) is 0 Å². The van der Waals surface area contributed by atoms with Gasteiger partial charge in [-0.3, -0.25) is 4.79 Å². The number of nitrogens with zero attached hydrogens (tertiary/aromatic N) is 4. The Labute approximate surface area is 164 Å². The van der Waals surface area contributed by atoms with Gasteiger partial charge >= 0.3 is 0 Å². The van der Waals surface area contributed by atoms with Crippen molar-refractivity contribution in [3.05, 3.63) is 77.7 Å². The number of hydrogen-bond donors (Lipinski definition) is 1. The van der Waals surface area contributed by atoms with Gasteiger partial charge in [0.25, 0.3) is 5.91 Å². The van der Waals surface area contributed by atoms with E-state index in [1.165, 1.54) is 0 Å². The Kier molecular flexibility index (Phi) is 5.28. The molecular formula is C22H23N5O. The number of aryl methyl sites for hydroxylation is 1. The first kappa shape index (κ1) is 18.1. The van der Waals surface area contributed by atoms with E-state index in [0.717, 1.165) is 42.0 Å². The predicted octanol–water partition coefficient (Wildman–Crippen LogP) is 3.94. The molecule has 0 bridgehead atoms. The lowest BCUT2D eigenvalue weighted by Gasteiger charge is -2.32. The zero-order valence-electron chi connectivity index (χ0n) is 15.9. The van der Waals surface area contributed by atoms with Crippen LogP contribution < -0.4 is 5.32 Å². The molecule has 6 nitrogen and oxygen atoms in total. The van der Waals surface area contributed by atoms with E-state index in [1.807, 2.05) is 60.4 Å². The summed E-state index contributed by atoms with van der Waals surface area (Å²) in [6.45, 7) is 3.45. The molecule has 0 spiro atoms. The number of anilines is 2. The van der Waals surface area contributed by atoms with Crippen LogP contribution >= 0.6 is 0 Å². The molecule has 28 heavy (non-hydrogen) atoms. The lowest BCUT2D eigenvalue weighted by Crippen LogP contribution is -2.39. The molecule has 1 saturated heterocycles. The Morgan fingerprint density at radius 3 is 2.75 bits per heavy atom. The molecule has 1 atom stereocenters. The summed E-state index contributed by atoms with van der Waals surface area (Å²) in [5, 5.41) is 3.20. The fraction of sp³-hybridized carbons (Fsp3) is 0.273. The Morgan fingerprint density at radius 1 is 1.07 bits per heavy atom. The smallest absolute Gasteiger partial charge is 0.253 e. The minimum atomic E-state index is 0.0850. The zero-order valence-corrected chi connectivity index (χ0v) is 15.9. The summed E-state index contributed by atoms with van der Waals surface area (Å²) in [5.74, 6) is 1.58. The monoisotopic (exact) mass is 373 g/mol. The summed E-state index contributed by atoms with van der Waals surface area (Å²) in [7, 11) is 0. The maximum atomic E-state index is 12.8. The second-order valence-corrected chi connectivity index (χ2v) is 7.06. The van der Waals surface area contributed by atoms with E-state index < -0.39 is 0 Å². The number of carbonyl (C=O) groups excluding carboxylic acids is 1. The third-order valence-electron chi connectivity index (χ3n) is 5.06. The van der Waals surface area contributed by atoms with Crippen LogP contribution in [0.5, 0.6) is 0 Å². The van der Waals surface area contributed by atoms with E-state index in [-0.39, 0.29) is 11.8 Å². The maximum Gasteiger partial charge on any atom is 0.253 e. The molecule has 1 amide bonds. The number of rotatable bonds is 4. The van der Waals surface area contributed by atoms with Crippen LogP contribution in [0.3, 0.4) is 0 Å². The molecule has 1 N–H and O–H groups in total. The number of amides is 1. The second-order valence-electron chi connectivity index (χ2n) is 7.06. The lowest BCUT2D eigenvalue weighted by atomic mass is 9.94. The summed E-state index contributed by atoms with van der Waals surface area (Å²) in [4.78, 5) is 28.1. The Bertz CT molecular complexity index is 960. The lowest BCUT2D eigenvalue weighted by molar-refractivity contribution is 0.0706. The van der Waals surface area contributed by atoms with E-state index in [9.17, 15) is 4.79 Å². The summed E-state index contributed by atoms with van der Waals surface area (Å²) in [6, 6.07) is 15.3. The standard InChI is InChI=1S/C22H23N5O/c1-16-7-5-12-23-20(16)26-22-24-13-11-19(25-22)18-10-6-14-27(15-18)21(28)17-8-3-2-4-9-17/h2-5,7-9,11-13,18H,6,10,14-15H2,1H3,(H,23,24,25,26). The molecule has 1 aliphatic rings. The van der Waals surface area contributed by atoms with Crippen molar-refractivity contribution in [2.75, 3.05) is 18.4 Å². The van der Waals surface area contributed by atoms with Gasteiger partial charge in [-0.15, -0.1) is 0 Å². The number of likely N-dealkylation sites (tertiary alicyclic amines) is 1. The quantitative estimate of drug-likeness (QED) is 0.750. The highest BCUT2D eigenvalue weighted by Gasteiger charge is 2.26. The van der Waals surface area contributed by atoms with Gasteiger partial charge in [0.05, 0.1) is 5.69 Å². The van der Waals surface area contributed by atoms with Crippen molar-refractivity contribution < 1.29 is 4.79 Å². The highest BCUT2D eigenvalue weighted by atomic mass is 16.2. The van der Waals surface area contributed by atoms with E-state index >= 15 is 0 Å². The highest BCUT2D eigenvalue weighted by Crippen LogP contribution is 2.27. The van der Waals surface area contributed by atoms with E-state index in [1.54, 1.807) is 12.4 Å². The van der Waals surface area contributed by atoms with Crippen molar-refractivity contribution in [3.63, 3.8) is 0 Å². The van der Waals surface area contributed by atoms with Gasteiger partial charge in [0.1, 0.15) is 5.82 Å². The molecule has 142 valence electrons. The number of pyridine rings is 1. The molecule has 6 heteroatoms. The van der Waals surface area contributed by atoms with E-state index in [2.05, 4.69) is 15.3 Å². The normalized spacial score (nSPS) is 16.6. The van der Waals surface area contributed by atoms with Crippen LogP contribution in [0.1, 0.15) is 40.4 Å². The Balaban J connectivity index is 1.49. The first-order valence-electron chi connectivity index (χ1n) is 9.56. The van der Waals surface area contributed by atoms with Gasteiger partial charge < -0.3 is 10.2 Å². The molecule has 1 aromatic carbocycles. The molecule has 4 rings (SSSR count). The first-order chi connectivity index (χ1) is 13.7. The molecule has 1 fully saturated rings. The summed E-state index contributed by atoms with van der Waals surface area (Å²) in [6.07, 6.45) is 5.49. The molecule has 0 radical (unpaired) electrons. The highest BCUT2D eigenvalue weighted by molar-refractivity contribution is 5.94. The molecule has 1 unspecified atom stereocenters. The van der Waals surface area contributed by atoms with E-state index in [0.29, 0.717) is 12.5 Å². The van der Waals surface area contributed by atoms with Crippen LogP contribution in [-0.2, 0) is 0 Å². The molecule has 1 aliphatic heterocycles. The van der Waals surface area contributed by atoms with Gasteiger partial charge in [-0.05, 0) is 49.6 Å². The number of aromatic nitrogens is 3. The van der Waals surface area contributed by atoms with Gasteiger partial charge in [0, 0.05) is 37.0 Å². The molecule has 3 aromatic rings. The van der Waals surface area contributed by atoms with Crippen molar-refractivity contribution in [3.8, 4) is 0 Å². The second kappa shape index (κ2) is 8.17. The van der Waals surface area contributed by atoms with Crippen LogP contribution in [0.25, 0.3) is 0 Å².